The highest BCUT2D eigenvalue weighted by molar-refractivity contribution is 5.78. The van der Waals surface area contributed by atoms with Crippen molar-refractivity contribution in [3.8, 4) is 11.4 Å². The molecule has 1 aromatic heterocycles. The average Bonchev–Trinajstić information content (AvgIpc) is 2.87. The molecule has 0 unspecified atom stereocenters. The molecule has 180 valence electrons. The molecule has 1 heterocycles. The summed E-state index contributed by atoms with van der Waals surface area (Å²) in [4.78, 5) is 33.0. The number of ether oxygens (including phenoxy) is 1. The molecule has 2 aromatic carbocycles. The summed E-state index contributed by atoms with van der Waals surface area (Å²) in [6.07, 6.45) is 6.36. The number of para-hydroxylation sites is 2. The molecule has 0 spiro atoms. The zero-order valence-electron chi connectivity index (χ0n) is 20.3. The molecule has 1 N–H and O–H groups in total. The van der Waals surface area contributed by atoms with E-state index in [1.54, 1.807) is 11.7 Å². The Morgan fingerprint density at radius 3 is 2.47 bits per heavy atom. The van der Waals surface area contributed by atoms with Gasteiger partial charge in [-0.15, -0.1) is 0 Å². The first-order valence-electron chi connectivity index (χ1n) is 12.0. The first-order chi connectivity index (χ1) is 16.4. The van der Waals surface area contributed by atoms with Gasteiger partial charge in [-0.1, -0.05) is 31.4 Å². The molecule has 0 aliphatic heterocycles. The van der Waals surface area contributed by atoms with Crippen LogP contribution >= 0.6 is 0 Å². The monoisotopic (exact) mass is 462 g/mol. The van der Waals surface area contributed by atoms with Crippen molar-refractivity contribution in [1.29, 1.82) is 0 Å². The highest BCUT2D eigenvalue weighted by Crippen LogP contribution is 2.31. The van der Waals surface area contributed by atoms with Crippen LogP contribution in [0.1, 0.15) is 44.2 Å². The van der Waals surface area contributed by atoms with Crippen molar-refractivity contribution in [2.24, 2.45) is 0 Å². The summed E-state index contributed by atoms with van der Waals surface area (Å²) in [5.41, 5.74) is 2.41. The molecule has 1 saturated carbocycles. The number of benzene rings is 2. The fourth-order valence-electron chi connectivity index (χ4n) is 4.91. The van der Waals surface area contributed by atoms with Crippen molar-refractivity contribution in [3.05, 3.63) is 64.6 Å². The Balaban J connectivity index is 1.53. The van der Waals surface area contributed by atoms with E-state index in [4.69, 9.17) is 4.74 Å². The predicted molar refractivity (Wildman–Crippen MR) is 135 cm³/mol. The average molecular weight is 463 g/mol. The zero-order chi connectivity index (χ0) is 24.1. The lowest BCUT2D eigenvalue weighted by Gasteiger charge is -2.43. The van der Waals surface area contributed by atoms with Crippen LogP contribution in [0.2, 0.25) is 0 Å². The first kappa shape index (κ1) is 24.0. The third-order valence-electron chi connectivity index (χ3n) is 7.10. The number of nitrogens with zero attached hydrogens (tertiary/aromatic N) is 3. The third kappa shape index (κ3) is 4.99. The van der Waals surface area contributed by atoms with Crippen molar-refractivity contribution in [2.45, 2.75) is 50.5 Å². The maximum atomic E-state index is 13.4. The van der Waals surface area contributed by atoms with E-state index < -0.39 is 0 Å². The Kier molecular flexibility index (Phi) is 7.32. The number of carbonyl (C=O) groups excluding carboxylic acids is 1. The summed E-state index contributed by atoms with van der Waals surface area (Å²) in [5, 5.41) is 3.13. The van der Waals surface area contributed by atoms with Gasteiger partial charge in [-0.25, -0.2) is 4.98 Å². The van der Waals surface area contributed by atoms with Gasteiger partial charge in [0.2, 0.25) is 5.91 Å². The van der Waals surface area contributed by atoms with Crippen molar-refractivity contribution in [1.82, 2.24) is 19.8 Å². The maximum Gasteiger partial charge on any atom is 0.277 e. The molecule has 4 rings (SSSR count). The number of rotatable bonds is 8. The highest BCUT2D eigenvalue weighted by atomic mass is 16.5. The van der Waals surface area contributed by atoms with E-state index in [1.165, 1.54) is 19.3 Å². The van der Waals surface area contributed by atoms with Crippen LogP contribution in [0.25, 0.3) is 16.7 Å². The lowest BCUT2D eigenvalue weighted by atomic mass is 9.80. The van der Waals surface area contributed by atoms with Crippen LogP contribution in [0.3, 0.4) is 0 Å². The second-order valence-corrected chi connectivity index (χ2v) is 9.34. The minimum Gasteiger partial charge on any atom is -0.497 e. The van der Waals surface area contributed by atoms with Gasteiger partial charge >= 0.3 is 0 Å². The summed E-state index contributed by atoms with van der Waals surface area (Å²) in [6, 6.07) is 14.9. The zero-order valence-corrected chi connectivity index (χ0v) is 20.3. The molecular weight excluding hydrogens is 428 g/mol. The summed E-state index contributed by atoms with van der Waals surface area (Å²) < 4.78 is 6.92. The van der Waals surface area contributed by atoms with Crippen LogP contribution in [0.15, 0.2) is 53.3 Å². The number of hydrogen-bond donors (Lipinski definition) is 1. The number of aromatic nitrogens is 2. The van der Waals surface area contributed by atoms with Gasteiger partial charge in [0.05, 0.1) is 18.1 Å². The van der Waals surface area contributed by atoms with Gasteiger partial charge in [-0.2, -0.15) is 0 Å². The smallest absolute Gasteiger partial charge is 0.277 e. The first-order valence-corrected chi connectivity index (χ1v) is 12.0. The molecule has 7 nitrogen and oxygen atoms in total. The number of hydrogen-bond acceptors (Lipinski definition) is 5. The van der Waals surface area contributed by atoms with E-state index >= 15 is 0 Å². The van der Waals surface area contributed by atoms with E-state index in [-0.39, 0.29) is 23.4 Å². The number of methoxy groups -OCH3 is 1. The van der Waals surface area contributed by atoms with Crippen LogP contribution in [-0.4, -0.2) is 53.6 Å². The summed E-state index contributed by atoms with van der Waals surface area (Å²) in [7, 11) is 5.80. The topological polar surface area (TPSA) is 76.5 Å². The molecule has 1 amide bonds. The number of nitrogens with one attached hydrogen (secondary N) is 1. The van der Waals surface area contributed by atoms with Gasteiger partial charge in [0, 0.05) is 30.6 Å². The summed E-state index contributed by atoms with van der Waals surface area (Å²) >= 11 is 0. The lowest BCUT2D eigenvalue weighted by Crippen LogP contribution is -2.53. The quantitative estimate of drug-likeness (QED) is 0.552. The molecule has 34 heavy (non-hydrogen) atoms. The van der Waals surface area contributed by atoms with Gasteiger partial charge in [0.1, 0.15) is 11.4 Å². The van der Waals surface area contributed by atoms with Crippen LogP contribution in [-0.2, 0) is 11.2 Å². The number of amides is 1. The van der Waals surface area contributed by atoms with Crippen LogP contribution in [0.4, 0.5) is 0 Å². The van der Waals surface area contributed by atoms with E-state index in [9.17, 15) is 9.59 Å². The minimum atomic E-state index is -0.200. The Labute approximate surface area is 200 Å². The lowest BCUT2D eigenvalue weighted by molar-refractivity contribution is -0.121. The van der Waals surface area contributed by atoms with E-state index in [1.807, 2.05) is 48.5 Å². The van der Waals surface area contributed by atoms with Crippen molar-refractivity contribution >= 4 is 16.9 Å². The molecule has 1 aliphatic carbocycles. The maximum absolute atomic E-state index is 13.4. The van der Waals surface area contributed by atoms with E-state index in [0.29, 0.717) is 18.7 Å². The predicted octanol–water partition coefficient (Wildman–Crippen LogP) is 3.71. The van der Waals surface area contributed by atoms with Crippen LogP contribution in [0, 0.1) is 0 Å². The molecular formula is C27H34N4O3. The second kappa shape index (κ2) is 10.4. The molecule has 0 radical (unpaired) electrons. The number of carbonyl (C=O) groups is 1. The largest absolute Gasteiger partial charge is 0.497 e. The van der Waals surface area contributed by atoms with Gasteiger partial charge < -0.3 is 15.0 Å². The number of likely N-dealkylation sites (N-methyl/N-ethyl adjacent to an activating group) is 1. The highest BCUT2D eigenvalue weighted by Gasteiger charge is 2.34. The van der Waals surface area contributed by atoms with E-state index in [0.717, 1.165) is 35.3 Å². The molecule has 3 aromatic rings. The van der Waals surface area contributed by atoms with Crippen molar-refractivity contribution in [2.75, 3.05) is 27.7 Å². The Hall–Kier alpha value is -3.19. The number of aryl methyl sites for hydroxylation is 1. The fourth-order valence-corrected chi connectivity index (χ4v) is 4.91. The Bertz CT molecular complexity index is 1190. The SMILES string of the molecule is COc1ccc(-n2c(=O)c(CCC(=O)NCC3(N(C)C)CCCCC3)nc3ccccc32)cc1. The molecule has 1 aliphatic rings. The van der Waals surface area contributed by atoms with Crippen LogP contribution in [0.5, 0.6) is 5.75 Å². The normalized spacial score (nSPS) is 15.4. The Morgan fingerprint density at radius 1 is 1.09 bits per heavy atom. The van der Waals surface area contributed by atoms with Crippen molar-refractivity contribution in [3.63, 3.8) is 0 Å². The van der Waals surface area contributed by atoms with Crippen LogP contribution < -0.4 is 15.6 Å². The van der Waals surface area contributed by atoms with Gasteiger partial charge in [-0.05, 0) is 63.3 Å². The summed E-state index contributed by atoms with van der Waals surface area (Å²) in [6.45, 7) is 0.639. The second-order valence-electron chi connectivity index (χ2n) is 9.34. The third-order valence-corrected chi connectivity index (χ3v) is 7.10. The fraction of sp³-hybridized carbons (Fsp3) is 0.444. The van der Waals surface area contributed by atoms with Crippen molar-refractivity contribution < 1.29 is 9.53 Å². The van der Waals surface area contributed by atoms with Gasteiger partial charge in [0.25, 0.3) is 5.56 Å². The standard InChI is InChI=1S/C27H34N4O3/c1-30(2)27(17-7-4-8-18-27)19-28-25(32)16-15-23-26(33)31(20-11-13-21(34-3)14-12-20)24-10-6-5-9-22(24)29-23/h5-6,9-14H,4,7-8,15-19H2,1-3H3,(H,28,32). The minimum absolute atomic E-state index is 0.0240. The number of fused-ring (bicyclic) bond motifs is 1. The summed E-state index contributed by atoms with van der Waals surface area (Å²) in [5.74, 6) is 0.678. The molecule has 0 saturated heterocycles. The van der Waals surface area contributed by atoms with Gasteiger partial charge in [-0.3, -0.25) is 14.2 Å². The molecule has 0 atom stereocenters. The molecule has 0 bridgehead atoms. The Morgan fingerprint density at radius 2 is 1.79 bits per heavy atom. The molecule has 1 fully saturated rings. The van der Waals surface area contributed by atoms with E-state index in [2.05, 4.69) is 29.3 Å². The molecule has 7 heteroatoms. The van der Waals surface area contributed by atoms with Gasteiger partial charge in [0.15, 0.2) is 0 Å².